The average molecular weight is 273 g/mol. The fourth-order valence-electron chi connectivity index (χ4n) is 2.50. The van der Waals surface area contributed by atoms with Crippen LogP contribution in [0.15, 0.2) is 0 Å². The van der Waals surface area contributed by atoms with E-state index in [1.165, 1.54) is 0 Å². The highest BCUT2D eigenvalue weighted by Crippen LogP contribution is 2.25. The van der Waals surface area contributed by atoms with Crippen molar-refractivity contribution < 1.29 is 9.84 Å². The van der Waals surface area contributed by atoms with Gasteiger partial charge in [0.25, 0.3) is 0 Å². The minimum Gasteiger partial charge on any atom is -0.392 e. The van der Waals surface area contributed by atoms with Crippen molar-refractivity contribution in [3.8, 4) is 0 Å². The van der Waals surface area contributed by atoms with Crippen LogP contribution in [0.3, 0.4) is 0 Å². The second-order valence-corrected chi connectivity index (χ2v) is 5.29. The molecule has 5 heteroatoms. The molecule has 2 heterocycles. The number of aromatic nitrogens is 2. The van der Waals surface area contributed by atoms with E-state index in [0.29, 0.717) is 18.1 Å². The molecule has 1 saturated heterocycles. The summed E-state index contributed by atoms with van der Waals surface area (Å²) in [6.07, 6.45) is 2.21. The number of aliphatic hydroxyl groups is 1. The smallest absolute Gasteiger partial charge is 0.0848 e. The molecule has 2 atom stereocenters. The van der Waals surface area contributed by atoms with Gasteiger partial charge >= 0.3 is 0 Å². The summed E-state index contributed by atoms with van der Waals surface area (Å²) in [4.78, 5) is 0. The second kappa shape index (κ2) is 6.04. The Kier molecular flexibility index (Phi) is 4.65. The molecule has 0 spiro atoms. The normalized spacial score (nSPS) is 22.1. The van der Waals surface area contributed by atoms with Gasteiger partial charge in [0.2, 0.25) is 0 Å². The van der Waals surface area contributed by atoms with E-state index in [1.54, 1.807) is 0 Å². The number of rotatable bonds is 4. The fourth-order valence-corrected chi connectivity index (χ4v) is 2.71. The van der Waals surface area contributed by atoms with Gasteiger partial charge in [0, 0.05) is 25.5 Å². The predicted octanol–water partition coefficient (Wildman–Crippen LogP) is 2.19. The summed E-state index contributed by atoms with van der Waals surface area (Å²) in [5.74, 6) is 0.218. The number of halogens is 1. The van der Waals surface area contributed by atoms with Gasteiger partial charge < -0.3 is 9.84 Å². The molecule has 0 aliphatic carbocycles. The Morgan fingerprint density at radius 1 is 1.61 bits per heavy atom. The van der Waals surface area contributed by atoms with Gasteiger partial charge in [-0.3, -0.25) is 4.68 Å². The van der Waals surface area contributed by atoms with E-state index in [0.717, 1.165) is 37.4 Å². The van der Waals surface area contributed by atoms with Gasteiger partial charge in [-0.15, -0.1) is 0 Å². The monoisotopic (exact) mass is 272 g/mol. The lowest BCUT2D eigenvalue weighted by Gasteiger charge is -2.26. The first kappa shape index (κ1) is 13.8. The number of ether oxygens (including phenoxy) is 1. The zero-order valence-electron chi connectivity index (χ0n) is 11.0. The highest BCUT2D eigenvalue weighted by atomic mass is 35.5. The van der Waals surface area contributed by atoms with E-state index in [1.807, 2.05) is 18.5 Å². The molecule has 1 N–H and O–H groups in total. The van der Waals surface area contributed by atoms with Gasteiger partial charge in [-0.05, 0) is 26.7 Å². The number of aryl methyl sites for hydroxylation is 2. The molecule has 18 heavy (non-hydrogen) atoms. The lowest BCUT2D eigenvalue weighted by atomic mass is 9.93. The molecule has 102 valence electrons. The maximum Gasteiger partial charge on any atom is 0.0848 e. The third-order valence-electron chi connectivity index (χ3n) is 3.59. The molecule has 1 aliphatic heterocycles. The van der Waals surface area contributed by atoms with E-state index < -0.39 is 6.10 Å². The maximum atomic E-state index is 10.3. The second-order valence-electron chi connectivity index (χ2n) is 4.91. The number of hydrogen-bond donors (Lipinski definition) is 1. The molecule has 2 rings (SSSR count). The Balaban J connectivity index is 2.08. The van der Waals surface area contributed by atoms with E-state index >= 15 is 0 Å². The Bertz CT molecular complexity index is 400. The van der Waals surface area contributed by atoms with Crippen LogP contribution in [0.25, 0.3) is 0 Å². The third kappa shape index (κ3) is 2.87. The van der Waals surface area contributed by atoms with Crippen LogP contribution in [0.2, 0.25) is 5.02 Å². The van der Waals surface area contributed by atoms with Crippen molar-refractivity contribution in [2.45, 2.75) is 45.8 Å². The lowest BCUT2D eigenvalue weighted by molar-refractivity contribution is -0.00911. The Morgan fingerprint density at radius 3 is 3.00 bits per heavy atom. The average Bonchev–Trinajstić information content (AvgIpc) is 2.67. The van der Waals surface area contributed by atoms with Gasteiger partial charge in [0.1, 0.15) is 0 Å². The van der Waals surface area contributed by atoms with Crippen molar-refractivity contribution in [2.24, 2.45) is 5.92 Å². The van der Waals surface area contributed by atoms with Crippen molar-refractivity contribution in [3.05, 3.63) is 16.4 Å². The minimum atomic E-state index is -0.399. The standard InChI is InChI=1S/C13H21ClN2O2/c1-3-16-11(13(14)9(2)15-16)7-12(17)10-5-4-6-18-8-10/h10,12,17H,3-8H2,1-2H3. The summed E-state index contributed by atoms with van der Waals surface area (Å²) in [7, 11) is 0. The van der Waals surface area contributed by atoms with Crippen LogP contribution in [-0.4, -0.2) is 34.2 Å². The molecule has 0 bridgehead atoms. The van der Waals surface area contributed by atoms with Gasteiger partial charge in [-0.2, -0.15) is 5.10 Å². The molecule has 4 nitrogen and oxygen atoms in total. The molecular weight excluding hydrogens is 252 g/mol. The Hall–Kier alpha value is -0.580. The van der Waals surface area contributed by atoms with Gasteiger partial charge in [-0.1, -0.05) is 11.6 Å². The Morgan fingerprint density at radius 2 is 2.39 bits per heavy atom. The summed E-state index contributed by atoms with van der Waals surface area (Å²) in [6, 6.07) is 0. The van der Waals surface area contributed by atoms with Crippen LogP contribution < -0.4 is 0 Å². The van der Waals surface area contributed by atoms with Crippen LogP contribution >= 0.6 is 11.6 Å². The van der Waals surface area contributed by atoms with E-state index in [-0.39, 0.29) is 5.92 Å². The molecule has 0 aromatic carbocycles. The summed E-state index contributed by atoms with van der Waals surface area (Å²) in [6.45, 7) is 6.17. The van der Waals surface area contributed by atoms with E-state index in [2.05, 4.69) is 5.10 Å². The van der Waals surface area contributed by atoms with Crippen LogP contribution in [0.5, 0.6) is 0 Å². The zero-order chi connectivity index (χ0) is 13.1. The largest absolute Gasteiger partial charge is 0.392 e. The van der Waals surface area contributed by atoms with Crippen molar-refractivity contribution >= 4 is 11.6 Å². The number of aliphatic hydroxyl groups excluding tert-OH is 1. The topological polar surface area (TPSA) is 47.3 Å². The highest BCUT2D eigenvalue weighted by Gasteiger charge is 2.25. The molecule has 2 unspecified atom stereocenters. The van der Waals surface area contributed by atoms with E-state index in [4.69, 9.17) is 16.3 Å². The molecule has 1 fully saturated rings. The van der Waals surface area contributed by atoms with Crippen LogP contribution in [0.1, 0.15) is 31.2 Å². The van der Waals surface area contributed by atoms with Crippen LogP contribution in [0, 0.1) is 12.8 Å². The molecule has 1 aliphatic rings. The molecule has 0 radical (unpaired) electrons. The first-order valence-electron chi connectivity index (χ1n) is 6.61. The fraction of sp³-hybridized carbons (Fsp3) is 0.769. The SMILES string of the molecule is CCn1nc(C)c(Cl)c1CC(O)C1CCCOC1. The van der Waals surface area contributed by atoms with Crippen LogP contribution in [-0.2, 0) is 17.7 Å². The summed E-state index contributed by atoms with van der Waals surface area (Å²) in [5.41, 5.74) is 1.77. The highest BCUT2D eigenvalue weighted by molar-refractivity contribution is 6.31. The molecule has 0 saturated carbocycles. The van der Waals surface area contributed by atoms with Gasteiger partial charge in [0.05, 0.1) is 29.1 Å². The number of nitrogens with zero attached hydrogens (tertiary/aromatic N) is 2. The van der Waals surface area contributed by atoms with Crippen LogP contribution in [0.4, 0.5) is 0 Å². The summed E-state index contributed by atoms with van der Waals surface area (Å²) in [5, 5.41) is 15.4. The van der Waals surface area contributed by atoms with Crippen molar-refractivity contribution in [3.63, 3.8) is 0 Å². The molecule has 0 amide bonds. The molecule has 1 aromatic heterocycles. The van der Waals surface area contributed by atoms with Crippen molar-refractivity contribution in [1.29, 1.82) is 0 Å². The van der Waals surface area contributed by atoms with Gasteiger partial charge in [0.15, 0.2) is 0 Å². The Labute approximate surface area is 113 Å². The first-order valence-corrected chi connectivity index (χ1v) is 6.98. The zero-order valence-corrected chi connectivity index (χ0v) is 11.8. The van der Waals surface area contributed by atoms with Crippen molar-refractivity contribution in [2.75, 3.05) is 13.2 Å². The minimum absolute atomic E-state index is 0.218. The maximum absolute atomic E-state index is 10.3. The van der Waals surface area contributed by atoms with E-state index in [9.17, 15) is 5.11 Å². The predicted molar refractivity (Wildman–Crippen MR) is 70.9 cm³/mol. The lowest BCUT2D eigenvalue weighted by Crippen LogP contribution is -2.31. The van der Waals surface area contributed by atoms with Gasteiger partial charge in [-0.25, -0.2) is 0 Å². The number of hydrogen-bond acceptors (Lipinski definition) is 3. The molecular formula is C13H21ClN2O2. The van der Waals surface area contributed by atoms with Crippen molar-refractivity contribution in [1.82, 2.24) is 9.78 Å². The first-order chi connectivity index (χ1) is 8.63. The molecule has 1 aromatic rings. The summed E-state index contributed by atoms with van der Waals surface area (Å²) < 4.78 is 7.30. The third-order valence-corrected chi connectivity index (χ3v) is 4.09. The quantitative estimate of drug-likeness (QED) is 0.914. The summed E-state index contributed by atoms with van der Waals surface area (Å²) >= 11 is 6.25.